The number of nitrogens with zero attached hydrogens (tertiary/aromatic N) is 1. The monoisotopic (exact) mass is 373 g/mol. The Morgan fingerprint density at radius 3 is 2.50 bits per heavy atom. The molecule has 1 unspecified atom stereocenters. The molecule has 0 spiro atoms. The van der Waals surface area contributed by atoms with E-state index in [2.05, 4.69) is 15.9 Å². The van der Waals surface area contributed by atoms with Gasteiger partial charge >= 0.3 is 0 Å². The first-order valence-electron chi connectivity index (χ1n) is 5.30. The quantitative estimate of drug-likeness (QED) is 0.495. The summed E-state index contributed by atoms with van der Waals surface area (Å²) < 4.78 is 21.5. The van der Waals surface area contributed by atoms with Crippen LogP contribution in [0.4, 0.5) is 5.69 Å². The third-order valence-corrected chi connectivity index (χ3v) is 5.33. The number of nitro groups is 1. The van der Waals surface area contributed by atoms with Crippen molar-refractivity contribution < 1.29 is 13.7 Å². The zero-order chi connectivity index (χ0) is 14.7. The first-order valence-corrected chi connectivity index (χ1v) is 8.02. The van der Waals surface area contributed by atoms with Gasteiger partial charge in [-0.05, 0) is 34.1 Å². The fourth-order valence-corrected chi connectivity index (χ4v) is 3.65. The fourth-order valence-electron chi connectivity index (χ4n) is 1.48. The van der Waals surface area contributed by atoms with Gasteiger partial charge in [-0.25, -0.2) is 4.21 Å². The van der Waals surface area contributed by atoms with Crippen molar-refractivity contribution in [2.45, 2.75) is 14.7 Å². The Morgan fingerprint density at radius 1 is 1.20 bits per heavy atom. The number of non-ortho nitro benzene ring substituents is 1. The highest BCUT2D eigenvalue weighted by Gasteiger charge is 2.16. The maximum Gasteiger partial charge on any atom is 0.270 e. The van der Waals surface area contributed by atoms with Crippen LogP contribution in [0.5, 0.6) is 0 Å². The lowest BCUT2D eigenvalue weighted by Gasteiger charge is -2.07. The lowest BCUT2D eigenvalue weighted by molar-refractivity contribution is -0.385. The molecule has 2 rings (SSSR count). The summed E-state index contributed by atoms with van der Waals surface area (Å²) in [6.07, 6.45) is 0. The lowest BCUT2D eigenvalue weighted by Crippen LogP contribution is -1.95. The van der Waals surface area contributed by atoms with Crippen LogP contribution in [0.2, 0.25) is 0 Å². The third kappa shape index (κ3) is 3.45. The Morgan fingerprint density at radius 2 is 1.90 bits per heavy atom. The molecular formula is C12H8BrNO4S2. The van der Waals surface area contributed by atoms with Gasteiger partial charge in [0.25, 0.3) is 5.69 Å². The summed E-state index contributed by atoms with van der Waals surface area (Å²) in [5, 5.41) is 10.7. The Kier molecular flexibility index (Phi) is 4.92. The standard InChI is InChI=1S/C12H8BrNO4S2/c13-9-3-1-2-4-10(9)19-11-6-5-8(14(15)16)7-12(11)20(17)18/h1-7H,(H,17,18). The number of hydrogen-bond acceptors (Lipinski definition) is 4. The highest BCUT2D eigenvalue weighted by atomic mass is 79.9. The average Bonchev–Trinajstić information content (AvgIpc) is 2.41. The predicted octanol–water partition coefficient (Wildman–Crippen LogP) is 4.09. The summed E-state index contributed by atoms with van der Waals surface area (Å²) in [7, 11) is 0. The summed E-state index contributed by atoms with van der Waals surface area (Å²) in [5.41, 5.74) is -0.209. The Labute approximate surface area is 130 Å². The highest BCUT2D eigenvalue weighted by Crippen LogP contribution is 2.37. The van der Waals surface area contributed by atoms with Crippen LogP contribution in [0.3, 0.4) is 0 Å². The van der Waals surface area contributed by atoms with Gasteiger partial charge in [-0.15, -0.1) is 0 Å². The van der Waals surface area contributed by atoms with Gasteiger partial charge in [0.1, 0.15) is 0 Å². The van der Waals surface area contributed by atoms with Crippen molar-refractivity contribution in [1.82, 2.24) is 0 Å². The summed E-state index contributed by atoms with van der Waals surface area (Å²) in [6.45, 7) is 0. The molecule has 2 aromatic carbocycles. The fraction of sp³-hybridized carbons (Fsp3) is 0. The minimum Gasteiger partial charge on any atom is -0.302 e. The van der Waals surface area contributed by atoms with Crippen LogP contribution in [0.15, 0.2) is 61.6 Å². The first kappa shape index (κ1) is 15.2. The Balaban J connectivity index is 2.44. The molecular weight excluding hydrogens is 366 g/mol. The van der Waals surface area contributed by atoms with Gasteiger partial charge in [0, 0.05) is 26.4 Å². The van der Waals surface area contributed by atoms with Gasteiger partial charge in [-0.2, -0.15) is 0 Å². The zero-order valence-corrected chi connectivity index (χ0v) is 13.1. The molecule has 0 fully saturated rings. The minimum absolute atomic E-state index is 0.0277. The van der Waals surface area contributed by atoms with Crippen molar-refractivity contribution >= 4 is 44.5 Å². The molecule has 5 nitrogen and oxygen atoms in total. The third-order valence-electron chi connectivity index (χ3n) is 2.38. The molecule has 0 saturated heterocycles. The van der Waals surface area contributed by atoms with Crippen LogP contribution in [-0.2, 0) is 11.1 Å². The molecule has 0 aromatic heterocycles. The number of hydrogen-bond donors (Lipinski definition) is 1. The molecule has 1 atom stereocenters. The lowest BCUT2D eigenvalue weighted by atomic mass is 10.3. The highest BCUT2D eigenvalue weighted by molar-refractivity contribution is 9.10. The minimum atomic E-state index is -2.29. The molecule has 0 radical (unpaired) electrons. The van der Waals surface area contributed by atoms with Gasteiger partial charge in [0.2, 0.25) is 0 Å². The summed E-state index contributed by atoms with van der Waals surface area (Å²) >= 11 is 2.36. The predicted molar refractivity (Wildman–Crippen MR) is 80.4 cm³/mol. The van der Waals surface area contributed by atoms with E-state index < -0.39 is 16.0 Å². The van der Waals surface area contributed by atoms with E-state index in [1.807, 2.05) is 24.3 Å². The topological polar surface area (TPSA) is 80.4 Å². The van der Waals surface area contributed by atoms with Gasteiger partial charge in [0.05, 0.1) is 9.82 Å². The number of benzene rings is 2. The van der Waals surface area contributed by atoms with Crippen molar-refractivity contribution in [1.29, 1.82) is 0 Å². The van der Waals surface area contributed by atoms with Crippen molar-refractivity contribution in [2.24, 2.45) is 0 Å². The van der Waals surface area contributed by atoms with E-state index in [1.165, 1.54) is 23.9 Å². The van der Waals surface area contributed by atoms with Crippen molar-refractivity contribution in [3.63, 3.8) is 0 Å². The zero-order valence-electron chi connectivity index (χ0n) is 9.86. The second kappa shape index (κ2) is 6.49. The second-order valence-corrected chi connectivity index (χ2v) is 6.55. The molecule has 2 aromatic rings. The van der Waals surface area contributed by atoms with E-state index >= 15 is 0 Å². The number of nitro benzene ring substituents is 1. The Hall–Kier alpha value is -1.22. The molecule has 0 bridgehead atoms. The molecule has 0 saturated carbocycles. The molecule has 0 heterocycles. The maximum absolute atomic E-state index is 11.3. The molecule has 8 heteroatoms. The Bertz CT molecular complexity index is 693. The SMILES string of the molecule is O=[N+]([O-])c1ccc(Sc2ccccc2Br)c(S(=O)O)c1. The first-order chi connectivity index (χ1) is 9.49. The van der Waals surface area contributed by atoms with E-state index in [0.717, 1.165) is 15.4 Å². The van der Waals surface area contributed by atoms with Crippen LogP contribution < -0.4 is 0 Å². The van der Waals surface area contributed by atoms with E-state index in [-0.39, 0.29) is 10.6 Å². The molecule has 0 aliphatic carbocycles. The van der Waals surface area contributed by atoms with Crippen LogP contribution in [0.25, 0.3) is 0 Å². The van der Waals surface area contributed by atoms with Crippen LogP contribution >= 0.6 is 27.7 Å². The van der Waals surface area contributed by atoms with Gasteiger partial charge in [-0.3, -0.25) is 10.1 Å². The molecule has 1 N–H and O–H groups in total. The van der Waals surface area contributed by atoms with Crippen LogP contribution in [0, 0.1) is 10.1 Å². The summed E-state index contributed by atoms with van der Waals surface area (Å²) in [6, 6.07) is 11.3. The average molecular weight is 374 g/mol. The van der Waals surface area contributed by atoms with E-state index in [4.69, 9.17) is 0 Å². The number of rotatable bonds is 4. The van der Waals surface area contributed by atoms with Gasteiger partial charge in [0.15, 0.2) is 11.1 Å². The molecule has 0 amide bonds. The molecule has 20 heavy (non-hydrogen) atoms. The molecule has 0 aliphatic rings. The van der Waals surface area contributed by atoms with Crippen molar-refractivity contribution in [3.8, 4) is 0 Å². The van der Waals surface area contributed by atoms with Gasteiger partial charge < -0.3 is 4.55 Å². The summed E-state index contributed by atoms with van der Waals surface area (Å²) in [5.74, 6) is 0. The van der Waals surface area contributed by atoms with E-state index in [9.17, 15) is 18.9 Å². The van der Waals surface area contributed by atoms with Gasteiger partial charge in [-0.1, -0.05) is 23.9 Å². The van der Waals surface area contributed by atoms with Crippen LogP contribution in [0.1, 0.15) is 0 Å². The second-order valence-electron chi connectivity index (χ2n) is 3.67. The van der Waals surface area contributed by atoms with E-state index in [1.54, 1.807) is 0 Å². The normalized spacial score (nSPS) is 12.1. The van der Waals surface area contributed by atoms with E-state index in [0.29, 0.717) is 4.90 Å². The maximum atomic E-state index is 11.3. The number of halogens is 1. The van der Waals surface area contributed by atoms with Crippen molar-refractivity contribution in [2.75, 3.05) is 0 Å². The van der Waals surface area contributed by atoms with Crippen LogP contribution in [-0.4, -0.2) is 13.7 Å². The molecule has 104 valence electrons. The molecule has 0 aliphatic heterocycles. The van der Waals surface area contributed by atoms with Crippen molar-refractivity contribution in [3.05, 3.63) is 57.1 Å². The summed E-state index contributed by atoms with van der Waals surface area (Å²) in [4.78, 5) is 11.5. The smallest absolute Gasteiger partial charge is 0.270 e. The largest absolute Gasteiger partial charge is 0.302 e.